The van der Waals surface area contributed by atoms with Gasteiger partial charge in [0, 0.05) is 28.6 Å². The van der Waals surface area contributed by atoms with Crippen LogP contribution in [0.5, 0.6) is 0 Å². The number of halogens is 1. The zero-order valence-electron chi connectivity index (χ0n) is 12.5. The second-order valence-corrected chi connectivity index (χ2v) is 6.74. The van der Waals surface area contributed by atoms with Crippen LogP contribution in [0.25, 0.3) is 0 Å². The normalized spacial score (nSPS) is 10.3. The number of aryl methyl sites for hydroxylation is 1. The average Bonchev–Trinajstić information content (AvgIpc) is 2.91. The van der Waals surface area contributed by atoms with Crippen LogP contribution in [0, 0.1) is 17.0 Å². The highest BCUT2D eigenvalue weighted by atomic mass is 35.5. The Labute approximate surface area is 143 Å². The van der Waals surface area contributed by atoms with E-state index in [1.807, 2.05) is 6.07 Å². The summed E-state index contributed by atoms with van der Waals surface area (Å²) in [5, 5.41) is 11.0. The highest BCUT2D eigenvalue weighted by Gasteiger charge is 2.20. The maximum atomic E-state index is 12.7. The summed E-state index contributed by atoms with van der Waals surface area (Å²) in [5.41, 5.74) is 0.743. The van der Waals surface area contributed by atoms with E-state index in [0.29, 0.717) is 23.0 Å². The van der Waals surface area contributed by atoms with Gasteiger partial charge in [-0.2, -0.15) is 0 Å². The molecule has 0 saturated carbocycles. The summed E-state index contributed by atoms with van der Waals surface area (Å²) in [5.74, 6) is -0.280. The number of benzene rings is 1. The van der Waals surface area contributed by atoms with Crippen LogP contribution in [0.15, 0.2) is 43.0 Å². The van der Waals surface area contributed by atoms with E-state index in [9.17, 15) is 14.9 Å². The second kappa shape index (κ2) is 7.39. The van der Waals surface area contributed by atoms with Crippen LogP contribution < -0.4 is 0 Å². The van der Waals surface area contributed by atoms with Gasteiger partial charge in [-0.15, -0.1) is 17.9 Å². The number of amides is 1. The first-order chi connectivity index (χ1) is 10.9. The highest BCUT2D eigenvalue weighted by Crippen LogP contribution is 2.24. The molecule has 0 atom stereocenters. The number of nitro benzene ring substituents is 1. The number of nitrogens with zero attached hydrogens (tertiary/aromatic N) is 2. The molecule has 1 heterocycles. The molecule has 7 heteroatoms. The van der Waals surface area contributed by atoms with Gasteiger partial charge in [0.1, 0.15) is 0 Å². The third kappa shape index (κ3) is 4.18. The van der Waals surface area contributed by atoms with Crippen LogP contribution in [0.3, 0.4) is 0 Å². The Balaban J connectivity index is 2.28. The molecule has 0 saturated heterocycles. The Morgan fingerprint density at radius 2 is 2.17 bits per heavy atom. The van der Waals surface area contributed by atoms with E-state index in [1.165, 1.54) is 17.4 Å². The lowest BCUT2D eigenvalue weighted by molar-refractivity contribution is -0.385. The molecule has 0 unspecified atom stereocenters. The van der Waals surface area contributed by atoms with E-state index >= 15 is 0 Å². The number of hydrogen-bond donors (Lipinski definition) is 0. The number of rotatable bonds is 6. The molecular formula is C16H15ClN2O3S. The van der Waals surface area contributed by atoms with Gasteiger partial charge in [-0.05, 0) is 25.1 Å². The first kappa shape index (κ1) is 17.2. The molecular weight excluding hydrogens is 336 g/mol. The standard InChI is InChI=1S/C16H15ClN2O3S/c1-3-8-18(10-13-6-7-15(17)23-13)16(20)12-5-4-11(2)14(9-12)19(21)22/h3-7,9H,1,8,10H2,2H3. The summed E-state index contributed by atoms with van der Waals surface area (Å²) in [6.07, 6.45) is 1.62. The molecule has 1 amide bonds. The topological polar surface area (TPSA) is 63.5 Å². The summed E-state index contributed by atoms with van der Waals surface area (Å²) < 4.78 is 0.650. The molecule has 0 aliphatic rings. The van der Waals surface area contributed by atoms with Gasteiger partial charge >= 0.3 is 0 Å². The van der Waals surface area contributed by atoms with E-state index in [1.54, 1.807) is 36.1 Å². The molecule has 0 radical (unpaired) electrons. The number of carbonyl (C=O) groups excluding carboxylic acids is 1. The fourth-order valence-corrected chi connectivity index (χ4v) is 3.22. The smallest absolute Gasteiger partial charge is 0.273 e. The Morgan fingerprint density at radius 3 is 2.74 bits per heavy atom. The zero-order chi connectivity index (χ0) is 17.0. The van der Waals surface area contributed by atoms with Crippen molar-refractivity contribution >= 4 is 34.5 Å². The first-order valence-corrected chi connectivity index (χ1v) is 8.01. The van der Waals surface area contributed by atoms with Crippen LogP contribution >= 0.6 is 22.9 Å². The van der Waals surface area contributed by atoms with Crippen molar-refractivity contribution in [2.75, 3.05) is 6.54 Å². The van der Waals surface area contributed by atoms with E-state index < -0.39 is 4.92 Å². The largest absolute Gasteiger partial charge is 0.330 e. The van der Waals surface area contributed by atoms with Gasteiger partial charge in [0.15, 0.2) is 0 Å². The van der Waals surface area contributed by atoms with E-state index in [-0.39, 0.29) is 17.2 Å². The molecule has 1 aromatic carbocycles. The van der Waals surface area contributed by atoms with Crippen LogP contribution in [0.4, 0.5) is 5.69 Å². The van der Waals surface area contributed by atoms with Gasteiger partial charge in [0.2, 0.25) is 0 Å². The van der Waals surface area contributed by atoms with E-state index in [0.717, 1.165) is 4.88 Å². The van der Waals surface area contributed by atoms with Gasteiger partial charge in [-0.3, -0.25) is 14.9 Å². The third-order valence-corrected chi connectivity index (χ3v) is 4.48. The van der Waals surface area contributed by atoms with Crippen molar-refractivity contribution in [3.05, 3.63) is 73.4 Å². The van der Waals surface area contributed by atoms with Crippen LogP contribution in [0.2, 0.25) is 4.34 Å². The SMILES string of the molecule is C=CCN(Cc1ccc(Cl)s1)C(=O)c1ccc(C)c([N+](=O)[O-])c1. The molecule has 0 fully saturated rings. The van der Waals surface area contributed by atoms with E-state index in [2.05, 4.69) is 6.58 Å². The van der Waals surface area contributed by atoms with Gasteiger partial charge in [-0.1, -0.05) is 23.7 Å². The molecule has 120 valence electrons. The maximum Gasteiger partial charge on any atom is 0.273 e. The van der Waals surface area contributed by atoms with Gasteiger partial charge in [0.05, 0.1) is 15.8 Å². The number of nitro groups is 1. The lowest BCUT2D eigenvalue weighted by Gasteiger charge is -2.20. The zero-order valence-corrected chi connectivity index (χ0v) is 14.1. The van der Waals surface area contributed by atoms with E-state index in [4.69, 9.17) is 11.6 Å². The molecule has 23 heavy (non-hydrogen) atoms. The Morgan fingerprint density at radius 1 is 1.43 bits per heavy atom. The summed E-state index contributed by atoms with van der Waals surface area (Å²) >= 11 is 7.30. The molecule has 0 bridgehead atoms. The second-order valence-electron chi connectivity index (χ2n) is 4.94. The van der Waals surface area contributed by atoms with Crippen LogP contribution in [0.1, 0.15) is 20.8 Å². The van der Waals surface area contributed by atoms with Gasteiger partial charge in [-0.25, -0.2) is 0 Å². The molecule has 1 aromatic heterocycles. The number of thiophene rings is 1. The van der Waals surface area contributed by atoms with Crippen molar-refractivity contribution < 1.29 is 9.72 Å². The Hall–Kier alpha value is -2.18. The molecule has 2 aromatic rings. The first-order valence-electron chi connectivity index (χ1n) is 6.81. The highest BCUT2D eigenvalue weighted by molar-refractivity contribution is 7.16. The lowest BCUT2D eigenvalue weighted by atomic mass is 10.1. The van der Waals surface area contributed by atoms with Crippen molar-refractivity contribution in [1.82, 2.24) is 4.90 Å². The predicted molar refractivity (Wildman–Crippen MR) is 92.1 cm³/mol. The van der Waals surface area contributed by atoms with Gasteiger partial charge < -0.3 is 4.90 Å². The summed E-state index contributed by atoms with van der Waals surface area (Å²) in [6, 6.07) is 8.12. The average molecular weight is 351 g/mol. The maximum absolute atomic E-state index is 12.7. The summed E-state index contributed by atoms with van der Waals surface area (Å²) in [6.45, 7) is 6.02. The van der Waals surface area contributed by atoms with Crippen molar-refractivity contribution in [3.63, 3.8) is 0 Å². The Kier molecular flexibility index (Phi) is 5.52. The Bertz CT molecular complexity index is 758. The minimum Gasteiger partial charge on any atom is -0.330 e. The quantitative estimate of drug-likeness (QED) is 0.439. The predicted octanol–water partition coefficient (Wildman–Crippen LogP) is 4.45. The van der Waals surface area contributed by atoms with Crippen molar-refractivity contribution in [2.45, 2.75) is 13.5 Å². The molecule has 0 N–H and O–H groups in total. The molecule has 5 nitrogen and oxygen atoms in total. The van der Waals surface area contributed by atoms with Gasteiger partial charge in [0.25, 0.3) is 11.6 Å². The lowest BCUT2D eigenvalue weighted by Crippen LogP contribution is -2.30. The number of hydrogen-bond acceptors (Lipinski definition) is 4. The monoisotopic (exact) mass is 350 g/mol. The minimum atomic E-state index is -0.483. The summed E-state index contributed by atoms with van der Waals surface area (Å²) in [7, 11) is 0. The molecule has 0 aliphatic carbocycles. The molecule has 0 aliphatic heterocycles. The van der Waals surface area contributed by atoms with Crippen LogP contribution in [-0.2, 0) is 6.54 Å². The van der Waals surface area contributed by atoms with Crippen LogP contribution in [-0.4, -0.2) is 22.3 Å². The fourth-order valence-electron chi connectivity index (χ4n) is 2.12. The molecule has 2 rings (SSSR count). The fraction of sp³-hybridized carbons (Fsp3) is 0.188. The summed E-state index contributed by atoms with van der Waals surface area (Å²) in [4.78, 5) is 25.7. The minimum absolute atomic E-state index is 0.0615. The van der Waals surface area contributed by atoms with Crippen molar-refractivity contribution in [2.24, 2.45) is 0 Å². The number of carbonyl (C=O) groups is 1. The van der Waals surface area contributed by atoms with Crippen molar-refractivity contribution in [1.29, 1.82) is 0 Å². The molecule has 0 spiro atoms. The van der Waals surface area contributed by atoms with Crippen molar-refractivity contribution in [3.8, 4) is 0 Å². The third-order valence-electron chi connectivity index (χ3n) is 3.27.